The van der Waals surface area contributed by atoms with Gasteiger partial charge in [-0.25, -0.2) is 9.59 Å². The molecule has 0 aliphatic carbocycles. The molecule has 0 unspecified atom stereocenters. The summed E-state index contributed by atoms with van der Waals surface area (Å²) in [5.74, 6) is -0.925. The predicted octanol–water partition coefficient (Wildman–Crippen LogP) is 4.65. The molecule has 0 N–H and O–H groups in total. The van der Waals surface area contributed by atoms with E-state index in [0.29, 0.717) is 16.9 Å². The Balaban J connectivity index is 1.75. The molecule has 0 bridgehead atoms. The third kappa shape index (κ3) is 4.96. The van der Waals surface area contributed by atoms with E-state index in [1.165, 1.54) is 13.2 Å². The molecule has 0 amide bonds. The first-order chi connectivity index (χ1) is 14.1. The molecule has 0 saturated heterocycles. The van der Waals surface area contributed by atoms with Gasteiger partial charge in [0.25, 0.3) is 0 Å². The van der Waals surface area contributed by atoms with Crippen LogP contribution in [0.4, 0.5) is 0 Å². The maximum absolute atomic E-state index is 12.4. The Bertz CT molecular complexity index is 1090. The molecule has 0 saturated carbocycles. The van der Waals surface area contributed by atoms with Gasteiger partial charge in [-0.2, -0.15) is 5.26 Å². The van der Waals surface area contributed by atoms with Crippen LogP contribution >= 0.6 is 0 Å². The third-order valence-electron chi connectivity index (χ3n) is 4.13. The van der Waals surface area contributed by atoms with Gasteiger partial charge in [0.2, 0.25) is 0 Å². The third-order valence-corrected chi connectivity index (χ3v) is 4.13. The highest BCUT2D eigenvalue weighted by atomic mass is 16.5. The summed E-state index contributed by atoms with van der Waals surface area (Å²) in [6.07, 6.45) is 1.37. The largest absolute Gasteiger partial charge is 0.465 e. The number of ether oxygens (including phenoxy) is 2. The molecule has 5 heteroatoms. The van der Waals surface area contributed by atoms with Gasteiger partial charge in [-0.3, -0.25) is 0 Å². The number of hydrogen-bond acceptors (Lipinski definition) is 5. The lowest BCUT2D eigenvalue weighted by atomic mass is 10.0. The van der Waals surface area contributed by atoms with Crippen LogP contribution in [0.5, 0.6) is 5.75 Å². The van der Waals surface area contributed by atoms with Crippen LogP contribution in [0.1, 0.15) is 15.9 Å². The number of esters is 2. The van der Waals surface area contributed by atoms with E-state index >= 15 is 0 Å². The maximum atomic E-state index is 12.4. The van der Waals surface area contributed by atoms with Gasteiger partial charge in [0.15, 0.2) is 0 Å². The molecule has 0 aromatic heterocycles. The van der Waals surface area contributed by atoms with E-state index in [-0.39, 0.29) is 5.57 Å². The van der Waals surface area contributed by atoms with Crippen molar-refractivity contribution < 1.29 is 19.1 Å². The van der Waals surface area contributed by atoms with Crippen LogP contribution < -0.4 is 4.74 Å². The molecule has 142 valence electrons. The topological polar surface area (TPSA) is 76.4 Å². The highest BCUT2D eigenvalue weighted by Gasteiger charge is 2.11. The fraction of sp³-hybridized carbons (Fsp3) is 0.0417. The first-order valence-corrected chi connectivity index (χ1v) is 8.78. The summed E-state index contributed by atoms with van der Waals surface area (Å²) in [6.45, 7) is 0. The van der Waals surface area contributed by atoms with E-state index < -0.39 is 11.9 Å². The highest BCUT2D eigenvalue weighted by Crippen LogP contribution is 2.21. The lowest BCUT2D eigenvalue weighted by Crippen LogP contribution is -2.08. The van der Waals surface area contributed by atoms with Crippen LogP contribution in [-0.4, -0.2) is 19.0 Å². The van der Waals surface area contributed by atoms with Gasteiger partial charge >= 0.3 is 11.9 Å². The van der Waals surface area contributed by atoms with Crippen molar-refractivity contribution in [2.24, 2.45) is 0 Å². The van der Waals surface area contributed by atoms with Crippen LogP contribution in [0.25, 0.3) is 17.2 Å². The first kappa shape index (κ1) is 19.6. The van der Waals surface area contributed by atoms with Crippen molar-refractivity contribution in [1.82, 2.24) is 0 Å². The van der Waals surface area contributed by atoms with Crippen LogP contribution in [-0.2, 0) is 9.53 Å². The van der Waals surface area contributed by atoms with Crippen LogP contribution in [0.15, 0.2) is 84.4 Å². The van der Waals surface area contributed by atoms with Crippen molar-refractivity contribution in [2.75, 3.05) is 7.11 Å². The first-order valence-electron chi connectivity index (χ1n) is 8.78. The molecule has 0 aliphatic rings. The van der Waals surface area contributed by atoms with Crippen molar-refractivity contribution in [1.29, 1.82) is 5.26 Å². The molecule has 3 aromatic rings. The van der Waals surface area contributed by atoms with Gasteiger partial charge in [-0.15, -0.1) is 0 Å². The summed E-state index contributed by atoms with van der Waals surface area (Å²) in [4.78, 5) is 24.0. The minimum atomic E-state index is -0.728. The van der Waals surface area contributed by atoms with Crippen molar-refractivity contribution in [3.05, 3.63) is 95.6 Å². The number of nitriles is 1. The SMILES string of the molecule is COC(=O)/C(C#N)=C/c1cccc(OC(=O)c2ccc(-c3ccccc3)cc2)c1. The van der Waals surface area contributed by atoms with Crippen molar-refractivity contribution in [2.45, 2.75) is 0 Å². The van der Waals surface area contributed by atoms with Crippen molar-refractivity contribution >= 4 is 18.0 Å². The van der Waals surface area contributed by atoms with E-state index in [2.05, 4.69) is 4.74 Å². The normalized spacial score (nSPS) is 10.7. The fourth-order valence-corrected chi connectivity index (χ4v) is 2.68. The molecule has 0 heterocycles. The zero-order chi connectivity index (χ0) is 20.6. The molecule has 3 rings (SSSR count). The number of rotatable bonds is 5. The summed E-state index contributed by atoms with van der Waals surface area (Å²) >= 11 is 0. The Morgan fingerprint density at radius 2 is 1.59 bits per heavy atom. The lowest BCUT2D eigenvalue weighted by Gasteiger charge is -2.07. The number of nitrogens with zero attached hydrogens (tertiary/aromatic N) is 1. The molecular formula is C24H17NO4. The number of carbonyl (C=O) groups excluding carboxylic acids is 2. The second kappa shape index (κ2) is 9.16. The zero-order valence-corrected chi connectivity index (χ0v) is 15.7. The lowest BCUT2D eigenvalue weighted by molar-refractivity contribution is -0.135. The van der Waals surface area contributed by atoms with Crippen molar-refractivity contribution in [3.63, 3.8) is 0 Å². The number of benzene rings is 3. The second-order valence-electron chi connectivity index (χ2n) is 6.07. The summed E-state index contributed by atoms with van der Waals surface area (Å²) in [5.41, 5.74) is 2.87. The van der Waals surface area contributed by atoms with Gasteiger partial charge < -0.3 is 9.47 Å². The average Bonchev–Trinajstić information content (AvgIpc) is 2.78. The molecule has 0 spiro atoms. The van der Waals surface area contributed by atoms with E-state index in [1.807, 2.05) is 42.5 Å². The standard InChI is InChI=1S/C24H17NO4/c1-28-23(26)21(16-25)14-17-6-5-9-22(15-17)29-24(27)20-12-10-19(11-13-20)18-7-3-2-4-8-18/h2-15H,1H3/b21-14+. The highest BCUT2D eigenvalue weighted by molar-refractivity contribution is 5.98. The van der Waals surface area contributed by atoms with E-state index in [0.717, 1.165) is 11.1 Å². The van der Waals surface area contributed by atoms with Gasteiger partial charge in [0, 0.05) is 0 Å². The number of hydrogen-bond donors (Lipinski definition) is 0. The Hall–Kier alpha value is -4.17. The van der Waals surface area contributed by atoms with Crippen LogP contribution in [0.2, 0.25) is 0 Å². The average molecular weight is 383 g/mol. The molecule has 0 atom stereocenters. The second-order valence-corrected chi connectivity index (χ2v) is 6.07. The van der Waals surface area contributed by atoms with E-state index in [1.54, 1.807) is 42.5 Å². The predicted molar refractivity (Wildman–Crippen MR) is 109 cm³/mol. The summed E-state index contributed by atoms with van der Waals surface area (Å²) < 4.78 is 9.98. The van der Waals surface area contributed by atoms with Gasteiger partial charge in [0.05, 0.1) is 12.7 Å². The maximum Gasteiger partial charge on any atom is 0.348 e. The van der Waals surface area contributed by atoms with Crippen LogP contribution in [0, 0.1) is 11.3 Å². The van der Waals surface area contributed by atoms with E-state index in [9.17, 15) is 9.59 Å². The molecule has 0 radical (unpaired) electrons. The number of carbonyl (C=O) groups is 2. The minimum Gasteiger partial charge on any atom is -0.465 e. The van der Waals surface area contributed by atoms with Gasteiger partial charge in [-0.1, -0.05) is 54.6 Å². The van der Waals surface area contributed by atoms with Crippen LogP contribution in [0.3, 0.4) is 0 Å². The van der Waals surface area contributed by atoms with E-state index in [4.69, 9.17) is 10.00 Å². The monoisotopic (exact) mass is 383 g/mol. The molecular weight excluding hydrogens is 366 g/mol. The molecule has 29 heavy (non-hydrogen) atoms. The summed E-state index contributed by atoms with van der Waals surface area (Å²) in [6, 6.07) is 25.3. The number of methoxy groups -OCH3 is 1. The van der Waals surface area contributed by atoms with Gasteiger partial charge in [0.1, 0.15) is 17.4 Å². The quantitative estimate of drug-likeness (QED) is 0.277. The Kier molecular flexibility index (Phi) is 6.18. The van der Waals surface area contributed by atoms with Crippen molar-refractivity contribution in [3.8, 4) is 22.9 Å². The summed E-state index contributed by atoms with van der Waals surface area (Å²) in [7, 11) is 1.20. The summed E-state index contributed by atoms with van der Waals surface area (Å²) in [5, 5.41) is 9.05. The molecule has 5 nitrogen and oxygen atoms in total. The Morgan fingerprint density at radius 3 is 2.24 bits per heavy atom. The minimum absolute atomic E-state index is 0.146. The fourth-order valence-electron chi connectivity index (χ4n) is 2.68. The molecule has 0 fully saturated rings. The molecule has 0 aliphatic heterocycles. The Labute approximate surface area is 168 Å². The Morgan fingerprint density at radius 1 is 0.897 bits per heavy atom. The molecule has 3 aromatic carbocycles. The smallest absolute Gasteiger partial charge is 0.348 e. The van der Waals surface area contributed by atoms with Gasteiger partial charge in [-0.05, 0) is 47.0 Å². The zero-order valence-electron chi connectivity index (χ0n) is 15.7.